The predicted octanol–water partition coefficient (Wildman–Crippen LogP) is 3.24. The highest BCUT2D eigenvalue weighted by Gasteiger charge is 2.36. The molecule has 1 amide bonds. The molecule has 0 aromatic heterocycles. The van der Waals surface area contributed by atoms with Gasteiger partial charge in [-0.1, -0.05) is 35.8 Å². The molecule has 2 atom stereocenters. The average Bonchev–Trinajstić information content (AvgIpc) is 2.35. The van der Waals surface area contributed by atoms with E-state index in [4.69, 9.17) is 5.73 Å². The maximum absolute atomic E-state index is 14.2. The lowest BCUT2D eigenvalue weighted by molar-refractivity contribution is -0.138. The summed E-state index contributed by atoms with van der Waals surface area (Å²) in [5.41, 5.74) is 6.68. The number of benzene rings is 1. The normalized spacial score (nSPS) is 23.5. The minimum absolute atomic E-state index is 0.0627. The summed E-state index contributed by atoms with van der Waals surface area (Å²) in [6, 6.07) is 4.34. The first-order chi connectivity index (χ1) is 9.40. The summed E-state index contributed by atoms with van der Waals surface area (Å²) in [6.45, 7) is 4.69. The summed E-state index contributed by atoms with van der Waals surface area (Å²) in [5, 5.41) is 0. The number of nitrogens with zero attached hydrogens (tertiary/aromatic N) is 1. The summed E-state index contributed by atoms with van der Waals surface area (Å²) in [4.78, 5) is 13.9. The standard InChI is InChI=1S/C15H20BrFN2O/c1-9(2)8-19-14(20)6-5-13(18)15(19)11-4-3-10(16)7-12(11)17/h3-4,7,9,13,15H,5-6,8,18H2,1-2H3. The van der Waals surface area contributed by atoms with Crippen LogP contribution in [-0.2, 0) is 4.79 Å². The van der Waals surface area contributed by atoms with Gasteiger partial charge in [-0.3, -0.25) is 4.79 Å². The highest BCUT2D eigenvalue weighted by Crippen LogP contribution is 2.33. The van der Waals surface area contributed by atoms with Crippen molar-refractivity contribution in [2.45, 2.75) is 38.8 Å². The molecule has 1 aliphatic rings. The van der Waals surface area contributed by atoms with E-state index in [1.165, 1.54) is 6.07 Å². The topological polar surface area (TPSA) is 46.3 Å². The van der Waals surface area contributed by atoms with E-state index >= 15 is 0 Å². The number of piperidine rings is 1. The molecule has 1 heterocycles. The molecule has 3 nitrogen and oxygen atoms in total. The summed E-state index contributed by atoms with van der Waals surface area (Å²) in [7, 11) is 0. The Morgan fingerprint density at radius 3 is 2.80 bits per heavy atom. The lowest BCUT2D eigenvalue weighted by atomic mass is 9.89. The van der Waals surface area contributed by atoms with Crippen LogP contribution in [0.4, 0.5) is 4.39 Å². The van der Waals surface area contributed by atoms with Crippen LogP contribution in [0.2, 0.25) is 0 Å². The van der Waals surface area contributed by atoms with Crippen LogP contribution in [0.15, 0.2) is 22.7 Å². The molecule has 2 N–H and O–H groups in total. The number of rotatable bonds is 3. The molecule has 5 heteroatoms. The fraction of sp³-hybridized carbons (Fsp3) is 0.533. The zero-order chi connectivity index (χ0) is 14.9. The Hall–Kier alpha value is -0.940. The van der Waals surface area contributed by atoms with Gasteiger partial charge in [0.25, 0.3) is 0 Å². The summed E-state index contributed by atoms with van der Waals surface area (Å²) in [6.07, 6.45) is 1.05. The highest BCUT2D eigenvalue weighted by molar-refractivity contribution is 9.10. The monoisotopic (exact) mass is 342 g/mol. The van der Waals surface area contributed by atoms with Gasteiger partial charge < -0.3 is 10.6 Å². The van der Waals surface area contributed by atoms with Gasteiger partial charge in [-0.25, -0.2) is 4.39 Å². The molecule has 0 radical (unpaired) electrons. The van der Waals surface area contributed by atoms with Gasteiger partial charge in [0.15, 0.2) is 0 Å². The molecule has 1 aromatic rings. The lowest BCUT2D eigenvalue weighted by Crippen LogP contribution is -2.50. The Bertz CT molecular complexity index is 507. The van der Waals surface area contributed by atoms with Crippen LogP contribution >= 0.6 is 15.9 Å². The van der Waals surface area contributed by atoms with E-state index in [-0.39, 0.29) is 23.8 Å². The van der Waals surface area contributed by atoms with E-state index in [1.54, 1.807) is 17.0 Å². The minimum atomic E-state index is -0.369. The predicted molar refractivity (Wildman–Crippen MR) is 80.6 cm³/mol. The van der Waals surface area contributed by atoms with Crippen molar-refractivity contribution in [3.63, 3.8) is 0 Å². The molecule has 0 spiro atoms. The minimum Gasteiger partial charge on any atom is -0.334 e. The molecule has 20 heavy (non-hydrogen) atoms. The van der Waals surface area contributed by atoms with Gasteiger partial charge in [0.2, 0.25) is 5.91 Å². The van der Waals surface area contributed by atoms with Crippen LogP contribution in [0.1, 0.15) is 38.3 Å². The Balaban J connectivity index is 2.39. The molecule has 2 unspecified atom stereocenters. The second kappa shape index (κ2) is 6.22. The summed E-state index contributed by atoms with van der Waals surface area (Å²) >= 11 is 3.25. The molecule has 1 fully saturated rings. The van der Waals surface area contributed by atoms with Crippen molar-refractivity contribution in [2.75, 3.05) is 6.54 Å². The van der Waals surface area contributed by atoms with Crippen LogP contribution in [0, 0.1) is 11.7 Å². The van der Waals surface area contributed by atoms with Crippen molar-refractivity contribution in [1.29, 1.82) is 0 Å². The molecular formula is C15H20BrFN2O. The number of nitrogens with two attached hydrogens (primary N) is 1. The van der Waals surface area contributed by atoms with Crippen molar-refractivity contribution in [1.82, 2.24) is 4.90 Å². The zero-order valence-corrected chi connectivity index (χ0v) is 13.4. The zero-order valence-electron chi connectivity index (χ0n) is 11.8. The van der Waals surface area contributed by atoms with Crippen molar-refractivity contribution in [2.24, 2.45) is 11.7 Å². The lowest BCUT2D eigenvalue weighted by Gasteiger charge is -2.41. The van der Waals surface area contributed by atoms with Gasteiger partial charge in [0.05, 0.1) is 6.04 Å². The SMILES string of the molecule is CC(C)CN1C(=O)CCC(N)C1c1ccc(Br)cc1F. The Morgan fingerprint density at radius 2 is 2.20 bits per heavy atom. The molecule has 2 rings (SSSR count). The van der Waals surface area contributed by atoms with E-state index in [0.717, 1.165) is 0 Å². The van der Waals surface area contributed by atoms with Crippen molar-refractivity contribution < 1.29 is 9.18 Å². The number of halogens is 2. The number of carbonyl (C=O) groups excluding carboxylic acids is 1. The fourth-order valence-corrected chi connectivity index (χ4v) is 3.06. The van der Waals surface area contributed by atoms with Crippen LogP contribution in [-0.4, -0.2) is 23.4 Å². The fourth-order valence-electron chi connectivity index (χ4n) is 2.73. The smallest absolute Gasteiger partial charge is 0.223 e. The number of hydrogen-bond donors (Lipinski definition) is 1. The number of carbonyl (C=O) groups is 1. The molecule has 0 bridgehead atoms. The Kier molecular flexibility index (Phi) is 4.81. The van der Waals surface area contributed by atoms with Crippen LogP contribution in [0.3, 0.4) is 0 Å². The second-order valence-electron chi connectivity index (χ2n) is 5.75. The Labute approximate surface area is 127 Å². The Morgan fingerprint density at radius 1 is 1.50 bits per heavy atom. The van der Waals surface area contributed by atoms with E-state index in [9.17, 15) is 9.18 Å². The van der Waals surface area contributed by atoms with Gasteiger partial charge in [-0.15, -0.1) is 0 Å². The third-order valence-corrected chi connectivity index (χ3v) is 4.09. The number of hydrogen-bond acceptors (Lipinski definition) is 2. The van der Waals surface area contributed by atoms with Crippen molar-refractivity contribution in [3.05, 3.63) is 34.1 Å². The van der Waals surface area contributed by atoms with Crippen LogP contribution in [0.5, 0.6) is 0 Å². The van der Waals surface area contributed by atoms with Gasteiger partial charge >= 0.3 is 0 Å². The van der Waals surface area contributed by atoms with E-state index in [0.29, 0.717) is 35.3 Å². The summed E-state index contributed by atoms with van der Waals surface area (Å²) < 4.78 is 14.9. The van der Waals surface area contributed by atoms with E-state index < -0.39 is 0 Å². The first-order valence-corrected chi connectivity index (χ1v) is 7.69. The van der Waals surface area contributed by atoms with Gasteiger partial charge in [-0.05, 0) is 24.5 Å². The maximum atomic E-state index is 14.2. The van der Waals surface area contributed by atoms with Crippen molar-refractivity contribution >= 4 is 21.8 Å². The first-order valence-electron chi connectivity index (χ1n) is 6.90. The second-order valence-corrected chi connectivity index (χ2v) is 6.67. The maximum Gasteiger partial charge on any atom is 0.223 e. The molecule has 1 aromatic carbocycles. The number of likely N-dealkylation sites (tertiary alicyclic amines) is 1. The van der Waals surface area contributed by atoms with E-state index in [2.05, 4.69) is 15.9 Å². The van der Waals surface area contributed by atoms with Crippen LogP contribution in [0.25, 0.3) is 0 Å². The number of amides is 1. The van der Waals surface area contributed by atoms with E-state index in [1.807, 2.05) is 13.8 Å². The summed E-state index contributed by atoms with van der Waals surface area (Å²) in [5.74, 6) is 0.0706. The quantitative estimate of drug-likeness (QED) is 0.916. The largest absolute Gasteiger partial charge is 0.334 e. The third-order valence-electron chi connectivity index (χ3n) is 3.60. The molecule has 0 saturated carbocycles. The van der Waals surface area contributed by atoms with Crippen molar-refractivity contribution in [3.8, 4) is 0 Å². The molecular weight excluding hydrogens is 323 g/mol. The van der Waals surface area contributed by atoms with Gasteiger partial charge in [-0.2, -0.15) is 0 Å². The van der Waals surface area contributed by atoms with Gasteiger partial charge in [0, 0.05) is 29.0 Å². The average molecular weight is 343 g/mol. The molecule has 1 saturated heterocycles. The highest BCUT2D eigenvalue weighted by atomic mass is 79.9. The van der Waals surface area contributed by atoms with Gasteiger partial charge in [0.1, 0.15) is 5.82 Å². The molecule has 110 valence electrons. The molecule has 1 aliphatic heterocycles. The molecule has 0 aliphatic carbocycles. The first kappa shape index (κ1) is 15.4. The van der Waals surface area contributed by atoms with Crippen LogP contribution < -0.4 is 5.73 Å². The third kappa shape index (κ3) is 3.20.